The summed E-state index contributed by atoms with van der Waals surface area (Å²) in [5, 5.41) is 15.9. The van der Waals surface area contributed by atoms with Gasteiger partial charge < -0.3 is 34.9 Å². The third-order valence-corrected chi connectivity index (χ3v) is 6.41. The molecular formula is C26H32FN3O6. The van der Waals surface area contributed by atoms with E-state index in [0.717, 1.165) is 0 Å². The van der Waals surface area contributed by atoms with E-state index in [4.69, 9.17) is 14.2 Å². The Morgan fingerprint density at radius 1 is 1.17 bits per heavy atom. The largest absolute Gasteiger partial charge is 0.497 e. The van der Waals surface area contributed by atoms with E-state index in [2.05, 4.69) is 10.6 Å². The third kappa shape index (κ3) is 6.71. The molecule has 2 heterocycles. The van der Waals surface area contributed by atoms with Crippen LogP contribution in [0, 0.1) is 5.82 Å². The van der Waals surface area contributed by atoms with Gasteiger partial charge in [0.1, 0.15) is 17.7 Å². The van der Waals surface area contributed by atoms with Crippen molar-refractivity contribution in [2.45, 2.75) is 50.2 Å². The maximum atomic E-state index is 13.8. The average Bonchev–Trinajstić information content (AvgIpc) is 2.86. The van der Waals surface area contributed by atoms with Gasteiger partial charge in [0.15, 0.2) is 0 Å². The highest BCUT2D eigenvalue weighted by atomic mass is 19.1. The monoisotopic (exact) mass is 501 g/mol. The van der Waals surface area contributed by atoms with Gasteiger partial charge in [0.25, 0.3) is 0 Å². The number of rotatable bonds is 6. The van der Waals surface area contributed by atoms with Crippen LogP contribution in [0.3, 0.4) is 0 Å². The number of carbonyl (C=O) groups excluding carboxylic acids is 2. The number of aliphatic hydroxyl groups excluding tert-OH is 1. The molecule has 9 nitrogen and oxygen atoms in total. The van der Waals surface area contributed by atoms with Gasteiger partial charge in [-0.3, -0.25) is 4.79 Å². The Kier molecular flexibility index (Phi) is 8.74. The SMILES string of the molecule is COc1cccc(NC(=O)N2C[C@H](O)COC[C@@H]3O[C@@H](CC(=O)NCc4ccccc4F)CC[C@H]32)c1. The van der Waals surface area contributed by atoms with Crippen molar-refractivity contribution in [2.24, 2.45) is 0 Å². The number of hydrogen-bond donors (Lipinski definition) is 3. The number of benzene rings is 2. The lowest BCUT2D eigenvalue weighted by Crippen LogP contribution is -2.58. The maximum absolute atomic E-state index is 13.8. The number of halogens is 1. The van der Waals surface area contributed by atoms with E-state index in [-0.39, 0.29) is 62.6 Å². The lowest BCUT2D eigenvalue weighted by atomic mass is 9.95. The van der Waals surface area contributed by atoms with E-state index < -0.39 is 12.2 Å². The second-order valence-electron chi connectivity index (χ2n) is 9.02. The first-order chi connectivity index (χ1) is 17.4. The quantitative estimate of drug-likeness (QED) is 0.562. The fourth-order valence-electron chi connectivity index (χ4n) is 4.59. The van der Waals surface area contributed by atoms with Crippen LogP contribution in [0.25, 0.3) is 0 Å². The maximum Gasteiger partial charge on any atom is 0.322 e. The molecule has 2 aromatic carbocycles. The number of amides is 3. The molecule has 194 valence electrons. The minimum absolute atomic E-state index is 0.0727. The number of carbonyl (C=O) groups is 2. The van der Waals surface area contributed by atoms with Crippen LogP contribution in [0.4, 0.5) is 14.9 Å². The molecule has 3 N–H and O–H groups in total. The van der Waals surface area contributed by atoms with Gasteiger partial charge in [0.2, 0.25) is 5.91 Å². The molecule has 2 fully saturated rings. The van der Waals surface area contributed by atoms with Gasteiger partial charge in [0, 0.05) is 23.9 Å². The minimum Gasteiger partial charge on any atom is -0.497 e. The number of anilines is 1. The molecule has 10 heteroatoms. The first kappa shape index (κ1) is 25.9. The van der Waals surface area contributed by atoms with Crippen LogP contribution in [0.15, 0.2) is 48.5 Å². The smallest absolute Gasteiger partial charge is 0.322 e. The predicted octanol–water partition coefficient (Wildman–Crippen LogP) is 2.68. The summed E-state index contributed by atoms with van der Waals surface area (Å²) in [4.78, 5) is 27.3. The van der Waals surface area contributed by atoms with Gasteiger partial charge in [-0.05, 0) is 31.0 Å². The second kappa shape index (κ2) is 12.2. The summed E-state index contributed by atoms with van der Waals surface area (Å²) >= 11 is 0. The zero-order chi connectivity index (χ0) is 25.5. The van der Waals surface area contributed by atoms with Crippen molar-refractivity contribution in [3.05, 3.63) is 59.9 Å². The van der Waals surface area contributed by atoms with Crippen molar-refractivity contribution in [2.75, 3.05) is 32.2 Å². The molecule has 0 bridgehead atoms. The van der Waals surface area contributed by atoms with Crippen LogP contribution in [0.2, 0.25) is 0 Å². The molecule has 0 unspecified atom stereocenters. The van der Waals surface area contributed by atoms with Gasteiger partial charge in [-0.15, -0.1) is 0 Å². The number of fused-ring (bicyclic) bond motifs is 1. The zero-order valence-corrected chi connectivity index (χ0v) is 20.2. The van der Waals surface area contributed by atoms with E-state index in [0.29, 0.717) is 29.8 Å². The molecule has 3 amide bonds. The molecule has 36 heavy (non-hydrogen) atoms. The Morgan fingerprint density at radius 2 is 2.00 bits per heavy atom. The number of β-amino-alcohol motifs (C(OH)–C–C–N with tert-alkyl or cyclic N) is 1. The van der Waals surface area contributed by atoms with E-state index >= 15 is 0 Å². The summed E-state index contributed by atoms with van der Waals surface area (Å²) in [5.41, 5.74) is 0.991. The summed E-state index contributed by atoms with van der Waals surface area (Å²) < 4.78 is 30.8. The first-order valence-electron chi connectivity index (χ1n) is 12.1. The fourth-order valence-corrected chi connectivity index (χ4v) is 4.59. The third-order valence-electron chi connectivity index (χ3n) is 6.41. The van der Waals surface area contributed by atoms with E-state index in [1.807, 2.05) is 0 Å². The van der Waals surface area contributed by atoms with Crippen molar-refractivity contribution in [3.63, 3.8) is 0 Å². The van der Waals surface area contributed by atoms with Crippen molar-refractivity contribution >= 4 is 17.6 Å². The molecule has 0 aliphatic carbocycles. The van der Waals surface area contributed by atoms with Gasteiger partial charge in [-0.25, -0.2) is 9.18 Å². The molecule has 2 saturated heterocycles. The molecule has 0 saturated carbocycles. The van der Waals surface area contributed by atoms with E-state index in [9.17, 15) is 19.1 Å². The lowest BCUT2D eigenvalue weighted by Gasteiger charge is -2.44. The lowest BCUT2D eigenvalue weighted by molar-refractivity contribution is -0.149. The normalized spacial score (nSPS) is 24.1. The number of nitrogens with zero attached hydrogens (tertiary/aromatic N) is 1. The average molecular weight is 502 g/mol. The minimum atomic E-state index is -0.830. The van der Waals surface area contributed by atoms with Gasteiger partial charge in [0.05, 0.1) is 51.5 Å². The molecule has 0 spiro atoms. The van der Waals surface area contributed by atoms with E-state index in [1.54, 1.807) is 54.5 Å². The summed E-state index contributed by atoms with van der Waals surface area (Å²) in [7, 11) is 1.55. The molecule has 2 aliphatic rings. The molecular weight excluding hydrogens is 469 g/mol. The van der Waals surface area contributed by atoms with E-state index in [1.165, 1.54) is 6.07 Å². The van der Waals surface area contributed by atoms with Gasteiger partial charge >= 0.3 is 6.03 Å². The Morgan fingerprint density at radius 3 is 2.81 bits per heavy atom. The standard InChI is InChI=1S/C26H32FN3O6/c1-34-20-7-4-6-18(11-20)29-26(33)30-14-19(31)15-35-16-24-23(30)10-9-21(36-24)12-25(32)28-13-17-5-2-3-8-22(17)27/h2-8,11,19,21,23-24,31H,9-10,12-16H2,1H3,(H,28,32)(H,29,33)/t19-,21+,23+,24-/m0/s1. The topological polar surface area (TPSA) is 109 Å². The number of ether oxygens (including phenoxy) is 3. The summed E-state index contributed by atoms with van der Waals surface area (Å²) in [5.74, 6) is 0.0103. The number of nitrogens with one attached hydrogen (secondary N) is 2. The zero-order valence-electron chi connectivity index (χ0n) is 20.2. The van der Waals surface area contributed by atoms with Crippen molar-refractivity contribution in [1.82, 2.24) is 10.2 Å². The van der Waals surface area contributed by atoms with Gasteiger partial charge in [-0.2, -0.15) is 0 Å². The predicted molar refractivity (Wildman–Crippen MR) is 130 cm³/mol. The molecule has 0 radical (unpaired) electrons. The van der Waals surface area contributed by atoms with Crippen molar-refractivity contribution in [3.8, 4) is 5.75 Å². The molecule has 4 rings (SSSR count). The van der Waals surface area contributed by atoms with Crippen LogP contribution in [-0.4, -0.2) is 73.2 Å². The molecule has 4 atom stereocenters. The van der Waals surface area contributed by atoms with Crippen LogP contribution in [-0.2, 0) is 20.8 Å². The van der Waals surface area contributed by atoms with Crippen molar-refractivity contribution in [1.29, 1.82) is 0 Å². The second-order valence-corrected chi connectivity index (χ2v) is 9.02. The van der Waals surface area contributed by atoms with Crippen LogP contribution in [0.1, 0.15) is 24.8 Å². The molecule has 2 aliphatic heterocycles. The Labute approximate surface area is 209 Å². The number of urea groups is 1. The van der Waals surface area contributed by atoms with Crippen LogP contribution < -0.4 is 15.4 Å². The van der Waals surface area contributed by atoms with Crippen LogP contribution in [0.5, 0.6) is 5.75 Å². The number of hydrogen-bond acceptors (Lipinski definition) is 6. The Balaban J connectivity index is 1.37. The highest BCUT2D eigenvalue weighted by Gasteiger charge is 2.40. The van der Waals surface area contributed by atoms with Crippen molar-refractivity contribution < 1.29 is 33.3 Å². The summed E-state index contributed by atoms with van der Waals surface area (Å²) in [6.45, 7) is 0.457. The summed E-state index contributed by atoms with van der Waals surface area (Å²) in [6, 6.07) is 12.6. The van der Waals surface area contributed by atoms with Crippen LogP contribution >= 0.6 is 0 Å². The fraction of sp³-hybridized carbons (Fsp3) is 0.462. The molecule has 0 aromatic heterocycles. The Bertz CT molecular complexity index is 1050. The highest BCUT2D eigenvalue weighted by molar-refractivity contribution is 5.90. The number of aliphatic hydroxyl groups is 1. The molecule has 2 aromatic rings. The summed E-state index contributed by atoms with van der Waals surface area (Å²) in [6.07, 6.45) is -0.389. The Hall–Kier alpha value is -3.21. The first-order valence-corrected chi connectivity index (χ1v) is 12.1. The highest BCUT2D eigenvalue weighted by Crippen LogP contribution is 2.28. The number of methoxy groups -OCH3 is 1. The van der Waals surface area contributed by atoms with Gasteiger partial charge in [-0.1, -0.05) is 24.3 Å².